The first-order valence-electron chi connectivity index (χ1n) is 8.53. The molecule has 0 atom stereocenters. The van der Waals surface area contributed by atoms with Crippen molar-refractivity contribution in [2.24, 2.45) is 0 Å². The fraction of sp³-hybridized carbons (Fsp3) is 0.211. The normalized spacial score (nSPS) is 11.5. The molecule has 0 aliphatic rings. The van der Waals surface area contributed by atoms with E-state index in [2.05, 4.69) is 10.2 Å². The van der Waals surface area contributed by atoms with Gasteiger partial charge in [-0.15, -0.1) is 10.2 Å². The highest BCUT2D eigenvalue weighted by atomic mass is 35.5. The average molecular weight is 403 g/mol. The summed E-state index contributed by atoms with van der Waals surface area (Å²) in [5, 5.41) is 10.3. The van der Waals surface area contributed by atoms with Crippen LogP contribution in [-0.2, 0) is 12.3 Å². The molecule has 2 aromatic carbocycles. The fourth-order valence-corrected chi connectivity index (χ4v) is 4.07. The first-order valence-corrected chi connectivity index (χ1v) is 9.89. The van der Waals surface area contributed by atoms with Crippen LogP contribution in [0.3, 0.4) is 0 Å². The SMILES string of the molecule is CCCn1c(=O)c2cc(Cl)ccc2n2c(SCc3ccc(F)cc3)nnc12. The number of benzene rings is 2. The van der Waals surface area contributed by atoms with Gasteiger partial charge in [-0.05, 0) is 42.3 Å². The van der Waals surface area contributed by atoms with Crippen LogP contribution in [-0.4, -0.2) is 19.2 Å². The Balaban J connectivity index is 1.85. The zero-order chi connectivity index (χ0) is 19.0. The molecule has 27 heavy (non-hydrogen) atoms. The molecule has 0 saturated heterocycles. The van der Waals surface area contributed by atoms with Crippen molar-refractivity contribution >= 4 is 40.0 Å². The highest BCUT2D eigenvalue weighted by molar-refractivity contribution is 7.98. The molecule has 0 aliphatic heterocycles. The second kappa shape index (κ2) is 7.32. The smallest absolute Gasteiger partial charge is 0.262 e. The summed E-state index contributed by atoms with van der Waals surface area (Å²) in [4.78, 5) is 12.9. The quantitative estimate of drug-likeness (QED) is 0.460. The van der Waals surface area contributed by atoms with Gasteiger partial charge in [0.05, 0.1) is 10.9 Å². The Kier molecular flexibility index (Phi) is 4.88. The number of hydrogen-bond donors (Lipinski definition) is 0. The number of halogens is 2. The predicted octanol–water partition coefficient (Wildman–Crippen LogP) is 4.54. The Morgan fingerprint density at radius 3 is 2.67 bits per heavy atom. The maximum Gasteiger partial charge on any atom is 0.262 e. The van der Waals surface area contributed by atoms with Crippen molar-refractivity contribution in [3.63, 3.8) is 0 Å². The van der Waals surface area contributed by atoms with Crippen LogP contribution in [0.5, 0.6) is 0 Å². The first kappa shape index (κ1) is 18.0. The lowest BCUT2D eigenvalue weighted by atomic mass is 10.2. The van der Waals surface area contributed by atoms with Gasteiger partial charge in [0.25, 0.3) is 5.56 Å². The molecule has 0 fully saturated rings. The van der Waals surface area contributed by atoms with E-state index in [0.29, 0.717) is 33.6 Å². The lowest BCUT2D eigenvalue weighted by Crippen LogP contribution is -2.23. The molecule has 0 saturated carbocycles. The summed E-state index contributed by atoms with van der Waals surface area (Å²) in [6.45, 7) is 2.55. The van der Waals surface area contributed by atoms with Gasteiger partial charge in [-0.25, -0.2) is 4.39 Å². The molecule has 5 nitrogen and oxygen atoms in total. The molecule has 2 aromatic heterocycles. The van der Waals surface area contributed by atoms with E-state index in [0.717, 1.165) is 17.5 Å². The van der Waals surface area contributed by atoms with Gasteiger partial charge in [0.1, 0.15) is 5.82 Å². The van der Waals surface area contributed by atoms with Crippen LogP contribution < -0.4 is 5.56 Å². The van der Waals surface area contributed by atoms with Gasteiger partial charge in [0, 0.05) is 17.3 Å². The molecule has 4 rings (SSSR count). The van der Waals surface area contributed by atoms with E-state index >= 15 is 0 Å². The molecule has 0 amide bonds. The van der Waals surface area contributed by atoms with Crippen molar-refractivity contribution in [3.8, 4) is 0 Å². The molecule has 4 aromatic rings. The summed E-state index contributed by atoms with van der Waals surface area (Å²) in [6, 6.07) is 11.6. The summed E-state index contributed by atoms with van der Waals surface area (Å²) in [5.74, 6) is 0.865. The van der Waals surface area contributed by atoms with Gasteiger partial charge in [-0.3, -0.25) is 13.8 Å². The molecule has 0 N–H and O–H groups in total. The number of nitrogens with zero attached hydrogens (tertiary/aromatic N) is 4. The number of aromatic nitrogens is 4. The third kappa shape index (κ3) is 3.33. The molecular weight excluding hydrogens is 387 g/mol. The highest BCUT2D eigenvalue weighted by Gasteiger charge is 2.17. The predicted molar refractivity (Wildman–Crippen MR) is 106 cm³/mol. The summed E-state index contributed by atoms with van der Waals surface area (Å²) < 4.78 is 16.6. The van der Waals surface area contributed by atoms with Crippen LogP contribution in [0.2, 0.25) is 5.02 Å². The van der Waals surface area contributed by atoms with E-state index in [1.54, 1.807) is 28.8 Å². The van der Waals surface area contributed by atoms with Crippen molar-refractivity contribution in [1.29, 1.82) is 0 Å². The minimum atomic E-state index is -0.261. The summed E-state index contributed by atoms with van der Waals surface area (Å²) in [7, 11) is 0. The largest absolute Gasteiger partial charge is 0.276 e. The summed E-state index contributed by atoms with van der Waals surface area (Å²) in [6.07, 6.45) is 0.798. The number of rotatable bonds is 5. The van der Waals surface area contributed by atoms with Crippen LogP contribution in [0.4, 0.5) is 4.39 Å². The molecule has 0 aliphatic carbocycles. The fourth-order valence-electron chi connectivity index (χ4n) is 3.01. The lowest BCUT2D eigenvalue weighted by molar-refractivity contribution is 0.627. The molecule has 0 bridgehead atoms. The lowest BCUT2D eigenvalue weighted by Gasteiger charge is -2.10. The van der Waals surface area contributed by atoms with E-state index < -0.39 is 0 Å². The zero-order valence-electron chi connectivity index (χ0n) is 14.5. The molecule has 2 heterocycles. The maximum atomic E-state index is 13.1. The van der Waals surface area contributed by atoms with Crippen LogP contribution in [0.15, 0.2) is 52.4 Å². The van der Waals surface area contributed by atoms with Crippen LogP contribution in [0.1, 0.15) is 18.9 Å². The van der Waals surface area contributed by atoms with E-state index in [1.165, 1.54) is 23.9 Å². The number of hydrogen-bond acceptors (Lipinski definition) is 4. The third-order valence-corrected chi connectivity index (χ3v) is 5.50. The van der Waals surface area contributed by atoms with Gasteiger partial charge in [-0.1, -0.05) is 42.4 Å². The van der Waals surface area contributed by atoms with E-state index in [1.807, 2.05) is 17.4 Å². The highest BCUT2D eigenvalue weighted by Crippen LogP contribution is 2.26. The second-order valence-electron chi connectivity index (χ2n) is 6.15. The van der Waals surface area contributed by atoms with E-state index in [9.17, 15) is 9.18 Å². The van der Waals surface area contributed by atoms with Crippen molar-refractivity contribution in [1.82, 2.24) is 19.2 Å². The van der Waals surface area contributed by atoms with Gasteiger partial charge in [-0.2, -0.15) is 0 Å². The zero-order valence-corrected chi connectivity index (χ0v) is 16.1. The molecule has 0 radical (unpaired) electrons. The topological polar surface area (TPSA) is 52.2 Å². The van der Waals surface area contributed by atoms with E-state index in [4.69, 9.17) is 11.6 Å². The number of thioether (sulfide) groups is 1. The number of fused-ring (bicyclic) bond motifs is 3. The Bertz CT molecular complexity index is 1190. The molecule has 0 spiro atoms. The summed E-state index contributed by atoms with van der Waals surface area (Å²) >= 11 is 7.60. The second-order valence-corrected chi connectivity index (χ2v) is 7.53. The van der Waals surface area contributed by atoms with Crippen LogP contribution in [0, 0.1) is 5.82 Å². The monoisotopic (exact) mass is 402 g/mol. The van der Waals surface area contributed by atoms with E-state index in [-0.39, 0.29) is 11.4 Å². The number of aryl methyl sites for hydroxylation is 1. The van der Waals surface area contributed by atoms with Crippen molar-refractivity contribution in [2.45, 2.75) is 30.8 Å². The van der Waals surface area contributed by atoms with Crippen LogP contribution >= 0.6 is 23.4 Å². The van der Waals surface area contributed by atoms with Crippen LogP contribution in [0.25, 0.3) is 16.7 Å². The first-order chi connectivity index (χ1) is 13.1. The summed E-state index contributed by atoms with van der Waals surface area (Å²) in [5.41, 5.74) is 1.58. The standard InChI is InChI=1S/C19H16ClFN4OS/c1-2-9-24-17(26)15-10-13(20)5-8-16(15)25-18(24)22-23-19(25)27-11-12-3-6-14(21)7-4-12/h3-8,10H,2,9,11H2,1H3. The Hall–Kier alpha value is -2.38. The van der Waals surface area contributed by atoms with Crippen molar-refractivity contribution in [2.75, 3.05) is 0 Å². The van der Waals surface area contributed by atoms with Crippen molar-refractivity contribution in [3.05, 3.63) is 69.2 Å². The molecule has 0 unspecified atom stereocenters. The molecular formula is C19H16ClFN4OS. The Morgan fingerprint density at radius 2 is 1.93 bits per heavy atom. The Morgan fingerprint density at radius 1 is 1.15 bits per heavy atom. The minimum absolute atomic E-state index is 0.121. The Labute approximate surface area is 163 Å². The van der Waals surface area contributed by atoms with Gasteiger partial charge in [0.2, 0.25) is 5.78 Å². The molecule has 138 valence electrons. The third-order valence-electron chi connectivity index (χ3n) is 4.26. The molecule has 8 heteroatoms. The minimum Gasteiger partial charge on any atom is -0.276 e. The average Bonchev–Trinajstić information content (AvgIpc) is 3.08. The maximum absolute atomic E-state index is 13.1. The van der Waals surface area contributed by atoms with Crippen molar-refractivity contribution < 1.29 is 4.39 Å². The van der Waals surface area contributed by atoms with Gasteiger partial charge < -0.3 is 0 Å². The van der Waals surface area contributed by atoms with Gasteiger partial charge >= 0.3 is 0 Å². The van der Waals surface area contributed by atoms with Gasteiger partial charge in [0.15, 0.2) is 5.16 Å².